The number of nitrogens with zero attached hydrogens (tertiary/aromatic N) is 3. The van der Waals surface area contributed by atoms with Gasteiger partial charge in [-0.3, -0.25) is 9.48 Å². The van der Waals surface area contributed by atoms with Gasteiger partial charge in [-0.15, -0.1) is 0 Å². The molecule has 0 saturated carbocycles. The smallest absolute Gasteiger partial charge is 0.154 e. The standard InChI is InChI=1S/C10H14ClN3O/c1-13-4-2-9(3-5-13)14-10(11)8(7-15)6-12-14/h6-7,9H,2-5H2,1H3. The molecule has 1 aromatic heterocycles. The minimum absolute atomic E-state index is 0.336. The minimum Gasteiger partial charge on any atom is -0.306 e. The minimum atomic E-state index is 0.336. The van der Waals surface area contributed by atoms with E-state index in [9.17, 15) is 4.79 Å². The van der Waals surface area contributed by atoms with E-state index in [1.807, 2.05) is 0 Å². The summed E-state index contributed by atoms with van der Waals surface area (Å²) >= 11 is 6.05. The number of likely N-dealkylation sites (tertiary alicyclic amines) is 1. The Balaban J connectivity index is 2.15. The molecule has 1 aliphatic rings. The molecule has 0 aromatic carbocycles. The second kappa shape index (κ2) is 4.33. The normalized spacial score (nSPS) is 19.3. The van der Waals surface area contributed by atoms with Crippen LogP contribution in [0.1, 0.15) is 29.2 Å². The van der Waals surface area contributed by atoms with Crippen molar-refractivity contribution in [2.45, 2.75) is 18.9 Å². The fraction of sp³-hybridized carbons (Fsp3) is 0.600. The molecule has 2 rings (SSSR count). The Bertz CT molecular complexity index is 356. The zero-order valence-electron chi connectivity index (χ0n) is 8.69. The number of hydrogen-bond donors (Lipinski definition) is 0. The van der Waals surface area contributed by atoms with Crippen molar-refractivity contribution < 1.29 is 4.79 Å². The van der Waals surface area contributed by atoms with Crippen molar-refractivity contribution in [1.29, 1.82) is 0 Å². The fourth-order valence-corrected chi connectivity index (χ4v) is 2.21. The second-order valence-corrected chi connectivity index (χ2v) is 4.35. The van der Waals surface area contributed by atoms with Gasteiger partial charge in [0, 0.05) is 0 Å². The highest BCUT2D eigenvalue weighted by Crippen LogP contribution is 2.26. The zero-order valence-corrected chi connectivity index (χ0v) is 9.44. The molecular weight excluding hydrogens is 214 g/mol. The van der Waals surface area contributed by atoms with Gasteiger partial charge in [-0.1, -0.05) is 11.6 Å². The molecule has 1 saturated heterocycles. The maximum Gasteiger partial charge on any atom is 0.154 e. The first-order valence-electron chi connectivity index (χ1n) is 5.09. The summed E-state index contributed by atoms with van der Waals surface area (Å²) in [6, 6.07) is 0.336. The molecule has 0 unspecified atom stereocenters. The fourth-order valence-electron chi connectivity index (χ4n) is 1.93. The molecule has 1 aliphatic heterocycles. The van der Waals surface area contributed by atoms with Crippen molar-refractivity contribution in [2.24, 2.45) is 0 Å². The third-order valence-electron chi connectivity index (χ3n) is 2.92. The third kappa shape index (κ3) is 2.06. The van der Waals surface area contributed by atoms with Gasteiger partial charge in [0.15, 0.2) is 6.29 Å². The van der Waals surface area contributed by atoms with Gasteiger partial charge in [-0.25, -0.2) is 0 Å². The topological polar surface area (TPSA) is 38.1 Å². The third-order valence-corrected chi connectivity index (χ3v) is 3.31. The lowest BCUT2D eigenvalue weighted by molar-refractivity contribution is 0.112. The average molecular weight is 228 g/mol. The predicted molar refractivity (Wildman–Crippen MR) is 58.4 cm³/mol. The van der Waals surface area contributed by atoms with Crippen LogP contribution >= 0.6 is 11.6 Å². The van der Waals surface area contributed by atoms with E-state index < -0.39 is 0 Å². The van der Waals surface area contributed by atoms with Gasteiger partial charge in [0.1, 0.15) is 5.15 Å². The van der Waals surface area contributed by atoms with E-state index in [0.717, 1.165) is 32.2 Å². The number of aldehydes is 1. The highest BCUT2D eigenvalue weighted by molar-refractivity contribution is 6.31. The first-order chi connectivity index (χ1) is 7.22. The lowest BCUT2D eigenvalue weighted by atomic mass is 10.1. The Morgan fingerprint density at radius 3 is 2.73 bits per heavy atom. The first-order valence-corrected chi connectivity index (χ1v) is 5.47. The molecule has 0 spiro atoms. The second-order valence-electron chi connectivity index (χ2n) is 3.99. The molecule has 82 valence electrons. The highest BCUT2D eigenvalue weighted by atomic mass is 35.5. The van der Waals surface area contributed by atoms with Crippen LogP contribution in [0.25, 0.3) is 0 Å². The maximum absolute atomic E-state index is 10.6. The molecule has 1 fully saturated rings. The molecule has 0 radical (unpaired) electrons. The number of aromatic nitrogens is 2. The van der Waals surface area contributed by atoms with Crippen molar-refractivity contribution in [1.82, 2.24) is 14.7 Å². The monoisotopic (exact) mass is 227 g/mol. The van der Waals surface area contributed by atoms with Crippen LogP contribution in [0.15, 0.2) is 6.20 Å². The summed E-state index contributed by atoms with van der Waals surface area (Å²) in [5, 5.41) is 4.64. The first kappa shape index (κ1) is 10.6. The average Bonchev–Trinajstić information content (AvgIpc) is 2.61. The Labute approximate surface area is 93.8 Å². The lowest BCUT2D eigenvalue weighted by Crippen LogP contribution is -2.31. The van der Waals surface area contributed by atoms with Gasteiger partial charge < -0.3 is 4.90 Å². The van der Waals surface area contributed by atoms with E-state index in [1.54, 1.807) is 4.68 Å². The van der Waals surface area contributed by atoms with Crippen molar-refractivity contribution in [3.05, 3.63) is 16.9 Å². The predicted octanol–water partition coefficient (Wildman–Crippen LogP) is 1.62. The van der Waals surface area contributed by atoms with Crippen LogP contribution in [0.4, 0.5) is 0 Å². The van der Waals surface area contributed by atoms with Crippen LogP contribution in [0.3, 0.4) is 0 Å². The van der Waals surface area contributed by atoms with Gasteiger partial charge in [-0.2, -0.15) is 5.10 Å². The van der Waals surface area contributed by atoms with Gasteiger partial charge in [0.05, 0.1) is 17.8 Å². The summed E-state index contributed by atoms with van der Waals surface area (Å²) in [6.45, 7) is 2.11. The maximum atomic E-state index is 10.6. The van der Waals surface area contributed by atoms with Crippen molar-refractivity contribution >= 4 is 17.9 Å². The van der Waals surface area contributed by atoms with E-state index in [4.69, 9.17) is 11.6 Å². The van der Waals surface area contributed by atoms with Gasteiger partial charge in [0.25, 0.3) is 0 Å². The van der Waals surface area contributed by atoms with Crippen LogP contribution < -0.4 is 0 Å². The number of carbonyl (C=O) groups excluding carboxylic acids is 1. The van der Waals surface area contributed by atoms with Crippen LogP contribution in [0.2, 0.25) is 5.15 Å². The van der Waals surface area contributed by atoms with E-state index in [2.05, 4.69) is 17.0 Å². The summed E-state index contributed by atoms with van der Waals surface area (Å²) in [5.74, 6) is 0. The summed E-state index contributed by atoms with van der Waals surface area (Å²) in [5.41, 5.74) is 0.482. The Kier molecular flexibility index (Phi) is 3.07. The number of rotatable bonds is 2. The Hall–Kier alpha value is -0.870. The molecule has 0 atom stereocenters. The van der Waals surface area contributed by atoms with Crippen LogP contribution in [-0.2, 0) is 0 Å². The molecule has 4 nitrogen and oxygen atoms in total. The number of piperidine rings is 1. The largest absolute Gasteiger partial charge is 0.306 e. The van der Waals surface area contributed by atoms with Crippen LogP contribution in [-0.4, -0.2) is 41.1 Å². The lowest BCUT2D eigenvalue weighted by Gasteiger charge is -2.29. The van der Waals surface area contributed by atoms with Crippen LogP contribution in [0, 0.1) is 0 Å². The quantitative estimate of drug-likeness (QED) is 0.721. The van der Waals surface area contributed by atoms with Gasteiger partial charge >= 0.3 is 0 Å². The number of hydrogen-bond acceptors (Lipinski definition) is 3. The molecular formula is C10H14ClN3O. The summed E-state index contributed by atoms with van der Waals surface area (Å²) in [7, 11) is 2.11. The molecule has 0 amide bonds. The van der Waals surface area contributed by atoms with Crippen molar-refractivity contribution in [3.8, 4) is 0 Å². The molecule has 5 heteroatoms. The Morgan fingerprint density at radius 2 is 2.20 bits per heavy atom. The zero-order chi connectivity index (χ0) is 10.8. The van der Waals surface area contributed by atoms with Crippen molar-refractivity contribution in [3.63, 3.8) is 0 Å². The van der Waals surface area contributed by atoms with E-state index in [0.29, 0.717) is 16.8 Å². The molecule has 0 bridgehead atoms. The van der Waals surface area contributed by atoms with Crippen molar-refractivity contribution in [2.75, 3.05) is 20.1 Å². The summed E-state index contributed by atoms with van der Waals surface area (Å²) in [6.07, 6.45) is 4.36. The van der Waals surface area contributed by atoms with E-state index in [1.165, 1.54) is 6.20 Å². The highest BCUT2D eigenvalue weighted by Gasteiger charge is 2.21. The van der Waals surface area contributed by atoms with E-state index in [-0.39, 0.29) is 0 Å². The number of carbonyl (C=O) groups is 1. The molecule has 1 aromatic rings. The molecule has 0 N–H and O–H groups in total. The van der Waals surface area contributed by atoms with Gasteiger partial charge in [-0.05, 0) is 33.0 Å². The summed E-state index contributed by atoms with van der Waals surface area (Å²) in [4.78, 5) is 12.9. The van der Waals surface area contributed by atoms with E-state index >= 15 is 0 Å². The Morgan fingerprint density at radius 1 is 1.53 bits per heavy atom. The van der Waals surface area contributed by atoms with Crippen LogP contribution in [0.5, 0.6) is 0 Å². The van der Waals surface area contributed by atoms with Gasteiger partial charge in [0.2, 0.25) is 0 Å². The SMILES string of the molecule is CN1CCC(n2ncc(C=O)c2Cl)CC1. The molecule has 0 aliphatic carbocycles. The molecule has 2 heterocycles. The number of halogens is 1. The molecule has 15 heavy (non-hydrogen) atoms. The summed E-state index contributed by atoms with van der Waals surface area (Å²) < 4.78 is 1.78.